The van der Waals surface area contributed by atoms with E-state index in [1.807, 2.05) is 18.2 Å². The highest BCUT2D eigenvalue weighted by Gasteiger charge is 2.42. The highest BCUT2D eigenvalue weighted by atomic mass is 19.1. The third-order valence-corrected chi connectivity index (χ3v) is 7.57. The van der Waals surface area contributed by atoms with Gasteiger partial charge in [0.15, 0.2) is 0 Å². The highest BCUT2D eigenvalue weighted by Crippen LogP contribution is 2.38. The molecule has 0 heterocycles. The van der Waals surface area contributed by atoms with Crippen LogP contribution in [-0.2, 0) is 32.2 Å². The summed E-state index contributed by atoms with van der Waals surface area (Å²) < 4.78 is 30.3. The Morgan fingerprint density at radius 3 is 2.30 bits per heavy atom. The molecule has 1 saturated carbocycles. The monoisotopic (exact) mass is 546 g/mol. The molecule has 0 radical (unpaired) electrons. The second-order valence-electron chi connectivity index (χ2n) is 10.4. The summed E-state index contributed by atoms with van der Waals surface area (Å²) in [5.41, 5.74) is 4.31. The van der Waals surface area contributed by atoms with Gasteiger partial charge >= 0.3 is 5.97 Å². The fraction of sp³-hybridized carbons (Fsp3) is 0.382. The smallest absolute Gasteiger partial charge is 0.305 e. The minimum Gasteiger partial charge on any atom is -0.469 e. The molecule has 0 unspecified atom stereocenters. The van der Waals surface area contributed by atoms with Crippen molar-refractivity contribution in [2.45, 2.75) is 57.5 Å². The number of aliphatic hydroxyl groups is 1. The van der Waals surface area contributed by atoms with Crippen molar-refractivity contribution >= 4 is 5.97 Å². The maximum Gasteiger partial charge on any atom is 0.305 e. The van der Waals surface area contributed by atoms with Gasteiger partial charge in [-0.1, -0.05) is 78.9 Å². The number of hydrogen-bond acceptors (Lipinski definition) is 5. The predicted octanol–water partition coefficient (Wildman–Crippen LogP) is 6.88. The Labute approximate surface area is 236 Å². The molecule has 0 spiro atoms. The normalized spacial score (nSPS) is 20.7. The van der Waals surface area contributed by atoms with Crippen LogP contribution in [0.2, 0.25) is 0 Å². The molecular formula is C34H39FO5. The zero-order valence-corrected chi connectivity index (χ0v) is 23.1. The van der Waals surface area contributed by atoms with Crippen LogP contribution in [0.3, 0.4) is 0 Å². The molecule has 5 nitrogen and oxygen atoms in total. The fourth-order valence-corrected chi connectivity index (χ4v) is 5.26. The number of ether oxygens (including phenoxy) is 3. The lowest BCUT2D eigenvalue weighted by atomic mass is 9.91. The summed E-state index contributed by atoms with van der Waals surface area (Å²) in [7, 11) is 1.40. The molecule has 212 valence electrons. The van der Waals surface area contributed by atoms with E-state index in [0.29, 0.717) is 32.7 Å². The summed E-state index contributed by atoms with van der Waals surface area (Å²) in [5.74, 6) is -0.465. The van der Waals surface area contributed by atoms with Crippen LogP contribution >= 0.6 is 0 Å². The first-order valence-corrected chi connectivity index (χ1v) is 14.0. The summed E-state index contributed by atoms with van der Waals surface area (Å²) in [5, 5.41) is 11.0. The number of allylic oxidation sites excluding steroid dienone is 2. The van der Waals surface area contributed by atoms with Gasteiger partial charge in [0.2, 0.25) is 0 Å². The van der Waals surface area contributed by atoms with Gasteiger partial charge in [-0.3, -0.25) is 4.79 Å². The van der Waals surface area contributed by atoms with E-state index in [0.717, 1.165) is 36.0 Å². The zero-order chi connectivity index (χ0) is 28.2. The van der Waals surface area contributed by atoms with Gasteiger partial charge < -0.3 is 19.3 Å². The van der Waals surface area contributed by atoms with E-state index < -0.39 is 6.10 Å². The van der Waals surface area contributed by atoms with E-state index in [4.69, 9.17) is 14.2 Å². The molecule has 1 N–H and O–H groups in total. The Hall–Kier alpha value is -3.32. The molecule has 0 bridgehead atoms. The number of esters is 1. The van der Waals surface area contributed by atoms with E-state index in [-0.39, 0.29) is 29.7 Å². The lowest BCUT2D eigenvalue weighted by Gasteiger charge is -2.25. The molecule has 1 aliphatic carbocycles. The molecule has 6 heteroatoms. The molecule has 4 atom stereocenters. The van der Waals surface area contributed by atoms with Crippen LogP contribution in [0.4, 0.5) is 4.39 Å². The van der Waals surface area contributed by atoms with Crippen LogP contribution in [0, 0.1) is 17.7 Å². The fourth-order valence-electron chi connectivity index (χ4n) is 5.26. The van der Waals surface area contributed by atoms with E-state index in [9.17, 15) is 14.3 Å². The van der Waals surface area contributed by atoms with Gasteiger partial charge in [-0.25, -0.2) is 4.39 Å². The first-order valence-electron chi connectivity index (χ1n) is 14.0. The summed E-state index contributed by atoms with van der Waals surface area (Å²) in [6.45, 7) is 1.22. The molecule has 0 aliphatic heterocycles. The van der Waals surface area contributed by atoms with Crippen molar-refractivity contribution in [1.29, 1.82) is 0 Å². The Morgan fingerprint density at radius 2 is 1.57 bits per heavy atom. The maximum atomic E-state index is 13.2. The van der Waals surface area contributed by atoms with Crippen molar-refractivity contribution in [3.63, 3.8) is 0 Å². The van der Waals surface area contributed by atoms with Crippen molar-refractivity contribution in [3.05, 3.63) is 108 Å². The third-order valence-electron chi connectivity index (χ3n) is 7.57. The lowest BCUT2D eigenvalue weighted by Crippen LogP contribution is -2.27. The van der Waals surface area contributed by atoms with Gasteiger partial charge in [0.25, 0.3) is 0 Å². The number of rotatable bonds is 14. The van der Waals surface area contributed by atoms with Crippen LogP contribution in [0.25, 0.3) is 11.1 Å². The summed E-state index contributed by atoms with van der Waals surface area (Å²) >= 11 is 0. The maximum absolute atomic E-state index is 13.2. The molecular weight excluding hydrogens is 507 g/mol. The number of carbonyl (C=O) groups is 1. The predicted molar refractivity (Wildman–Crippen MR) is 154 cm³/mol. The van der Waals surface area contributed by atoms with Gasteiger partial charge in [0.05, 0.1) is 39.1 Å². The summed E-state index contributed by atoms with van der Waals surface area (Å²) in [4.78, 5) is 11.4. The largest absolute Gasteiger partial charge is 0.469 e. The number of aliphatic hydroxyl groups excluding tert-OH is 1. The second-order valence-corrected chi connectivity index (χ2v) is 10.4. The topological polar surface area (TPSA) is 65.0 Å². The number of hydrogen-bond donors (Lipinski definition) is 1. The highest BCUT2D eigenvalue weighted by molar-refractivity contribution is 5.69. The lowest BCUT2D eigenvalue weighted by molar-refractivity contribution is -0.140. The number of benzene rings is 3. The molecule has 40 heavy (non-hydrogen) atoms. The van der Waals surface area contributed by atoms with Crippen LogP contribution < -0.4 is 0 Å². The minimum atomic E-state index is -0.531. The van der Waals surface area contributed by atoms with Crippen molar-refractivity contribution in [1.82, 2.24) is 0 Å². The molecule has 0 saturated heterocycles. The van der Waals surface area contributed by atoms with Crippen LogP contribution in [0.5, 0.6) is 0 Å². The number of methoxy groups -OCH3 is 1. The number of halogens is 1. The Bertz CT molecular complexity index is 1190. The third kappa shape index (κ3) is 8.85. The van der Waals surface area contributed by atoms with Crippen LogP contribution in [0.15, 0.2) is 91.0 Å². The summed E-state index contributed by atoms with van der Waals surface area (Å²) in [6, 6.07) is 24.9. The van der Waals surface area contributed by atoms with Crippen LogP contribution in [-0.4, -0.2) is 37.0 Å². The average Bonchev–Trinajstić information content (AvgIpc) is 3.28. The zero-order valence-electron chi connectivity index (χ0n) is 23.1. The molecule has 1 aliphatic rings. The quantitative estimate of drug-likeness (QED) is 0.136. The summed E-state index contributed by atoms with van der Waals surface area (Å²) in [6.07, 6.45) is 6.79. The average molecular weight is 547 g/mol. The first kappa shape index (κ1) is 29.7. The van der Waals surface area contributed by atoms with E-state index in [1.54, 1.807) is 12.1 Å². The molecule has 3 aromatic rings. The van der Waals surface area contributed by atoms with Crippen molar-refractivity contribution in [2.75, 3.05) is 13.7 Å². The Balaban J connectivity index is 1.35. The van der Waals surface area contributed by atoms with Gasteiger partial charge in [-0.15, -0.1) is 0 Å². The van der Waals surface area contributed by atoms with Crippen molar-refractivity contribution in [3.8, 4) is 11.1 Å². The van der Waals surface area contributed by atoms with Gasteiger partial charge in [0.1, 0.15) is 5.82 Å². The Kier molecular flexibility index (Phi) is 11.5. The van der Waals surface area contributed by atoms with Gasteiger partial charge in [-0.2, -0.15) is 0 Å². The molecule has 4 rings (SSSR count). The minimum absolute atomic E-state index is 0.0781. The second kappa shape index (κ2) is 15.5. The van der Waals surface area contributed by atoms with E-state index in [1.165, 1.54) is 24.8 Å². The number of carbonyl (C=O) groups excluding carboxylic acids is 1. The van der Waals surface area contributed by atoms with Gasteiger partial charge in [-0.05, 0) is 59.6 Å². The van der Waals surface area contributed by atoms with E-state index in [2.05, 4.69) is 48.6 Å². The number of unbranched alkanes of at least 4 members (excludes halogenated alkanes) is 1. The first-order chi connectivity index (χ1) is 19.5. The molecule has 1 fully saturated rings. The van der Waals surface area contributed by atoms with Crippen LogP contribution in [0.1, 0.15) is 43.2 Å². The molecule has 0 amide bonds. The van der Waals surface area contributed by atoms with E-state index >= 15 is 0 Å². The molecule has 3 aromatic carbocycles. The van der Waals surface area contributed by atoms with Crippen molar-refractivity contribution < 1.29 is 28.5 Å². The standard InChI is InChI=1S/C34H39FO5/c1-38-34(37)12-8-3-2-7-11-30-31(24-39-22-25-15-19-29(35)20-16-25)32(36)21-33(30)40-23-26-13-17-28(18-14-26)27-9-5-4-6-10-27/h2,4-7,9-10,13-20,30-33,36H,3,8,11-12,21-24H2,1H3/b7-2-/t30-,31-,32+,33-/m1/s1. The molecule has 0 aromatic heterocycles. The van der Waals surface area contributed by atoms with Gasteiger partial charge in [0, 0.05) is 18.8 Å². The van der Waals surface area contributed by atoms with Crippen molar-refractivity contribution in [2.24, 2.45) is 11.8 Å². The Morgan fingerprint density at radius 1 is 0.900 bits per heavy atom. The SMILES string of the molecule is COC(=O)CCC/C=C\C[C@@H]1[C@@H](COCc2ccc(F)cc2)[C@@H](O)C[C@H]1OCc1ccc(-c2ccccc2)cc1.